The Labute approximate surface area is 123 Å². The minimum atomic E-state index is -0.447. The summed E-state index contributed by atoms with van der Waals surface area (Å²) in [4.78, 5) is 14.5. The minimum Gasteiger partial charge on any atom is -0.368 e. The molecule has 2 aliphatic rings. The van der Waals surface area contributed by atoms with E-state index in [1.54, 1.807) is 0 Å². The van der Waals surface area contributed by atoms with Crippen molar-refractivity contribution in [3.8, 4) is 0 Å². The van der Waals surface area contributed by atoms with E-state index in [2.05, 4.69) is 17.1 Å². The standard InChI is InChI=1S/C16H31N3O/c1-3-14-8-4-5-11-19(14)12-9-13-7-6-10-16(13,18-2)15(17)20/h13-14,18H,3-12H2,1-2H3,(H2,17,20). The lowest BCUT2D eigenvalue weighted by Crippen LogP contribution is -2.57. The molecule has 1 saturated carbocycles. The number of rotatable bonds is 6. The molecule has 0 aromatic carbocycles. The smallest absolute Gasteiger partial charge is 0.238 e. The number of hydrogen-bond donors (Lipinski definition) is 2. The predicted molar refractivity (Wildman–Crippen MR) is 82.4 cm³/mol. The van der Waals surface area contributed by atoms with E-state index in [1.807, 2.05) is 7.05 Å². The third-order valence-electron chi connectivity index (χ3n) is 5.69. The van der Waals surface area contributed by atoms with Crippen LogP contribution in [0.5, 0.6) is 0 Å². The molecule has 116 valence electrons. The average Bonchev–Trinajstić information content (AvgIpc) is 2.89. The van der Waals surface area contributed by atoms with Crippen molar-refractivity contribution in [1.82, 2.24) is 10.2 Å². The van der Waals surface area contributed by atoms with Crippen molar-refractivity contribution in [2.24, 2.45) is 11.7 Å². The van der Waals surface area contributed by atoms with Gasteiger partial charge in [0.15, 0.2) is 0 Å². The molecule has 4 nitrogen and oxygen atoms in total. The summed E-state index contributed by atoms with van der Waals surface area (Å²) >= 11 is 0. The topological polar surface area (TPSA) is 58.4 Å². The van der Waals surface area contributed by atoms with E-state index in [1.165, 1.54) is 32.2 Å². The molecule has 0 spiro atoms. The lowest BCUT2D eigenvalue weighted by atomic mass is 9.83. The molecule has 0 aromatic heterocycles. The zero-order valence-electron chi connectivity index (χ0n) is 13.2. The highest BCUT2D eigenvalue weighted by molar-refractivity contribution is 5.85. The van der Waals surface area contributed by atoms with Crippen LogP contribution in [0.2, 0.25) is 0 Å². The summed E-state index contributed by atoms with van der Waals surface area (Å²) in [6, 6.07) is 0.753. The van der Waals surface area contributed by atoms with Crippen LogP contribution in [0.4, 0.5) is 0 Å². The molecule has 20 heavy (non-hydrogen) atoms. The Balaban J connectivity index is 1.93. The SMILES string of the molecule is CCC1CCCCN1CCC1CCCC1(NC)C(N)=O. The van der Waals surface area contributed by atoms with Crippen molar-refractivity contribution in [3.63, 3.8) is 0 Å². The van der Waals surface area contributed by atoms with Crippen molar-refractivity contribution in [2.75, 3.05) is 20.1 Å². The number of piperidine rings is 1. The summed E-state index contributed by atoms with van der Waals surface area (Å²) < 4.78 is 0. The van der Waals surface area contributed by atoms with E-state index in [-0.39, 0.29) is 5.91 Å². The quantitative estimate of drug-likeness (QED) is 0.781. The average molecular weight is 281 g/mol. The van der Waals surface area contributed by atoms with Gasteiger partial charge in [-0.3, -0.25) is 4.79 Å². The Morgan fingerprint density at radius 1 is 1.35 bits per heavy atom. The van der Waals surface area contributed by atoms with Crippen LogP contribution in [0.1, 0.15) is 58.3 Å². The molecule has 3 N–H and O–H groups in total. The van der Waals surface area contributed by atoms with E-state index >= 15 is 0 Å². The van der Waals surface area contributed by atoms with E-state index in [4.69, 9.17) is 5.73 Å². The molecule has 2 rings (SSSR count). The fourth-order valence-electron chi connectivity index (χ4n) is 4.38. The van der Waals surface area contributed by atoms with Crippen molar-refractivity contribution in [1.29, 1.82) is 0 Å². The van der Waals surface area contributed by atoms with Crippen LogP contribution < -0.4 is 11.1 Å². The molecule has 1 heterocycles. The van der Waals surface area contributed by atoms with E-state index in [0.717, 1.165) is 38.3 Å². The maximum atomic E-state index is 11.9. The Morgan fingerprint density at radius 3 is 2.80 bits per heavy atom. The van der Waals surface area contributed by atoms with Crippen molar-refractivity contribution in [2.45, 2.75) is 69.9 Å². The summed E-state index contributed by atoms with van der Waals surface area (Å²) in [7, 11) is 1.89. The molecular formula is C16H31N3O. The van der Waals surface area contributed by atoms with Gasteiger partial charge in [0.2, 0.25) is 5.91 Å². The number of amides is 1. The molecule has 0 bridgehead atoms. The van der Waals surface area contributed by atoms with Gasteiger partial charge in [0.1, 0.15) is 5.54 Å². The number of hydrogen-bond acceptors (Lipinski definition) is 3. The van der Waals surface area contributed by atoms with Crippen LogP contribution in [0.3, 0.4) is 0 Å². The van der Waals surface area contributed by atoms with Crippen molar-refractivity contribution < 1.29 is 4.79 Å². The molecule has 1 amide bonds. The second-order valence-corrected chi connectivity index (χ2v) is 6.56. The first-order chi connectivity index (χ1) is 9.64. The lowest BCUT2D eigenvalue weighted by molar-refractivity contribution is -0.125. The van der Waals surface area contributed by atoms with Crippen LogP contribution in [-0.2, 0) is 4.79 Å². The van der Waals surface area contributed by atoms with Crippen LogP contribution in [0.25, 0.3) is 0 Å². The highest BCUT2D eigenvalue weighted by atomic mass is 16.1. The molecule has 0 aromatic rings. The van der Waals surface area contributed by atoms with Gasteiger partial charge >= 0.3 is 0 Å². The first kappa shape index (κ1) is 15.8. The summed E-state index contributed by atoms with van der Waals surface area (Å²) in [6.07, 6.45) is 9.54. The predicted octanol–water partition coefficient (Wildman–Crippen LogP) is 1.88. The maximum absolute atomic E-state index is 11.9. The first-order valence-corrected chi connectivity index (χ1v) is 8.37. The fraction of sp³-hybridized carbons (Fsp3) is 0.938. The zero-order chi connectivity index (χ0) is 14.6. The number of carbonyl (C=O) groups is 1. The van der Waals surface area contributed by atoms with Crippen molar-refractivity contribution >= 4 is 5.91 Å². The molecular weight excluding hydrogens is 250 g/mol. The maximum Gasteiger partial charge on any atom is 0.238 e. The number of nitrogens with one attached hydrogen (secondary N) is 1. The molecule has 4 heteroatoms. The second kappa shape index (κ2) is 6.90. The number of nitrogens with zero attached hydrogens (tertiary/aromatic N) is 1. The van der Waals surface area contributed by atoms with Gasteiger partial charge in [-0.1, -0.05) is 19.8 Å². The van der Waals surface area contributed by atoms with Gasteiger partial charge in [-0.15, -0.1) is 0 Å². The van der Waals surface area contributed by atoms with E-state index in [0.29, 0.717) is 5.92 Å². The Kier molecular flexibility index (Phi) is 5.44. The van der Waals surface area contributed by atoms with Crippen LogP contribution in [0, 0.1) is 5.92 Å². The summed E-state index contributed by atoms with van der Waals surface area (Å²) in [5.74, 6) is 0.248. The van der Waals surface area contributed by atoms with Gasteiger partial charge in [0.05, 0.1) is 0 Å². The molecule has 0 radical (unpaired) electrons. The highest BCUT2D eigenvalue weighted by Crippen LogP contribution is 2.38. The largest absolute Gasteiger partial charge is 0.368 e. The summed E-state index contributed by atoms with van der Waals surface area (Å²) in [5.41, 5.74) is 5.23. The summed E-state index contributed by atoms with van der Waals surface area (Å²) in [6.45, 7) is 4.65. The monoisotopic (exact) mass is 281 g/mol. The van der Waals surface area contributed by atoms with Gasteiger partial charge in [0, 0.05) is 6.04 Å². The van der Waals surface area contributed by atoms with Crippen molar-refractivity contribution in [3.05, 3.63) is 0 Å². The lowest BCUT2D eigenvalue weighted by Gasteiger charge is -2.38. The molecule has 3 atom stereocenters. The number of likely N-dealkylation sites (tertiary alicyclic amines) is 1. The Bertz CT molecular complexity index is 334. The Hall–Kier alpha value is -0.610. The van der Waals surface area contributed by atoms with Gasteiger partial charge in [0.25, 0.3) is 0 Å². The molecule has 3 unspecified atom stereocenters. The fourth-order valence-corrected chi connectivity index (χ4v) is 4.38. The van der Waals surface area contributed by atoms with Crippen LogP contribution in [-0.4, -0.2) is 42.5 Å². The third-order valence-corrected chi connectivity index (χ3v) is 5.69. The highest BCUT2D eigenvalue weighted by Gasteiger charge is 2.46. The number of nitrogens with two attached hydrogens (primary N) is 1. The number of carbonyl (C=O) groups excluding carboxylic acids is 1. The van der Waals surface area contributed by atoms with Gasteiger partial charge in [-0.05, 0) is 64.6 Å². The summed E-state index contributed by atoms with van der Waals surface area (Å²) in [5, 5.41) is 3.25. The second-order valence-electron chi connectivity index (χ2n) is 6.56. The number of primary amides is 1. The minimum absolute atomic E-state index is 0.159. The van der Waals surface area contributed by atoms with Gasteiger partial charge < -0.3 is 16.0 Å². The molecule has 2 fully saturated rings. The van der Waals surface area contributed by atoms with E-state index in [9.17, 15) is 4.79 Å². The molecule has 1 aliphatic heterocycles. The Morgan fingerprint density at radius 2 is 2.15 bits per heavy atom. The zero-order valence-corrected chi connectivity index (χ0v) is 13.2. The van der Waals surface area contributed by atoms with E-state index < -0.39 is 5.54 Å². The molecule has 1 saturated heterocycles. The van der Waals surface area contributed by atoms with Crippen LogP contribution in [0.15, 0.2) is 0 Å². The number of likely N-dealkylation sites (N-methyl/N-ethyl adjacent to an activating group) is 1. The first-order valence-electron chi connectivity index (χ1n) is 8.37. The van der Waals surface area contributed by atoms with Crippen LogP contribution >= 0.6 is 0 Å². The van der Waals surface area contributed by atoms with Gasteiger partial charge in [-0.25, -0.2) is 0 Å². The third kappa shape index (κ3) is 3.01. The van der Waals surface area contributed by atoms with Gasteiger partial charge in [-0.2, -0.15) is 0 Å². The molecule has 1 aliphatic carbocycles. The normalized spacial score (nSPS) is 35.3.